The van der Waals surface area contributed by atoms with Gasteiger partial charge in [-0.3, -0.25) is 0 Å². The Morgan fingerprint density at radius 3 is 2.62 bits per heavy atom. The number of oxime groups is 1. The van der Waals surface area contributed by atoms with Gasteiger partial charge in [-0.05, 0) is 6.42 Å². The lowest BCUT2D eigenvalue weighted by Crippen LogP contribution is -2.47. The lowest BCUT2D eigenvalue weighted by molar-refractivity contribution is -0.0506. The van der Waals surface area contributed by atoms with Gasteiger partial charge >= 0.3 is 0 Å². The van der Waals surface area contributed by atoms with Crippen molar-refractivity contribution in [2.24, 2.45) is 5.16 Å². The summed E-state index contributed by atoms with van der Waals surface area (Å²) < 4.78 is 25.3. The van der Waals surface area contributed by atoms with E-state index in [4.69, 9.17) is 4.84 Å². The molecule has 2 heterocycles. The molecule has 0 unspecified atom stereocenters. The van der Waals surface area contributed by atoms with Crippen molar-refractivity contribution in [1.29, 1.82) is 0 Å². The number of piperidine rings is 1. The second-order valence-electron chi connectivity index (χ2n) is 4.48. The molecule has 2 rings (SSSR count). The summed E-state index contributed by atoms with van der Waals surface area (Å²) in [6.07, 6.45) is 4.75. The van der Waals surface area contributed by atoms with Crippen LogP contribution in [0.2, 0.25) is 0 Å². The first kappa shape index (κ1) is 11.9. The minimum atomic E-state index is -3.04. The zero-order chi connectivity index (χ0) is 11.6. The smallest absolute Gasteiger partial charge is 0.214 e. The monoisotopic (exact) mass is 246 g/mol. The van der Waals surface area contributed by atoms with Crippen molar-refractivity contribution in [2.75, 3.05) is 18.8 Å². The summed E-state index contributed by atoms with van der Waals surface area (Å²) in [7, 11) is -3.04. The van der Waals surface area contributed by atoms with E-state index in [1.165, 1.54) is 0 Å². The van der Waals surface area contributed by atoms with E-state index in [1.54, 1.807) is 10.5 Å². The molecule has 0 radical (unpaired) electrons. The van der Waals surface area contributed by atoms with Crippen molar-refractivity contribution in [3.8, 4) is 0 Å². The highest BCUT2D eigenvalue weighted by molar-refractivity contribution is 7.89. The molecule has 0 N–H and O–H groups in total. The fourth-order valence-corrected chi connectivity index (χ4v) is 3.76. The fourth-order valence-electron chi connectivity index (χ4n) is 2.24. The van der Waals surface area contributed by atoms with Crippen LogP contribution >= 0.6 is 0 Å². The molecule has 5 nitrogen and oxygen atoms in total. The molecule has 16 heavy (non-hydrogen) atoms. The minimum Gasteiger partial charge on any atom is -0.389 e. The van der Waals surface area contributed by atoms with Gasteiger partial charge in [-0.25, -0.2) is 12.7 Å². The van der Waals surface area contributed by atoms with Gasteiger partial charge in [0.25, 0.3) is 0 Å². The van der Waals surface area contributed by atoms with Crippen LogP contribution in [0, 0.1) is 0 Å². The molecule has 1 fully saturated rings. The van der Waals surface area contributed by atoms with Crippen LogP contribution in [0.25, 0.3) is 0 Å². The molecule has 0 saturated carbocycles. The second-order valence-corrected chi connectivity index (χ2v) is 6.57. The Kier molecular flexibility index (Phi) is 3.21. The van der Waals surface area contributed by atoms with Crippen LogP contribution in [0.3, 0.4) is 0 Å². The molecule has 0 atom stereocenters. The zero-order valence-corrected chi connectivity index (χ0v) is 10.4. The van der Waals surface area contributed by atoms with Crippen LogP contribution in [-0.4, -0.2) is 43.4 Å². The number of rotatable bonds is 3. The average Bonchev–Trinajstić information content (AvgIpc) is 2.67. The standard InChI is InChI=1S/C10H18N2O3S/c1-2-9-16(13,14)12-7-4-10(5-8-12)3-6-11-15-10/h6H,2-5,7-9H2,1H3. The van der Waals surface area contributed by atoms with Crippen LogP contribution in [-0.2, 0) is 14.9 Å². The molecular weight excluding hydrogens is 228 g/mol. The first-order chi connectivity index (χ1) is 7.58. The third kappa shape index (κ3) is 2.22. The van der Waals surface area contributed by atoms with Gasteiger partial charge < -0.3 is 4.84 Å². The number of hydrogen-bond donors (Lipinski definition) is 0. The predicted octanol–water partition coefficient (Wildman–Crippen LogP) is 0.967. The molecule has 1 saturated heterocycles. The lowest BCUT2D eigenvalue weighted by Gasteiger charge is -2.36. The SMILES string of the molecule is CCCS(=O)(=O)N1CCC2(CC=NO2)CC1. The van der Waals surface area contributed by atoms with Gasteiger partial charge in [-0.2, -0.15) is 0 Å². The highest BCUT2D eigenvalue weighted by Crippen LogP contribution is 2.33. The maximum absolute atomic E-state index is 11.8. The molecular formula is C10H18N2O3S. The van der Waals surface area contributed by atoms with E-state index in [9.17, 15) is 8.42 Å². The molecule has 1 spiro atoms. The zero-order valence-electron chi connectivity index (χ0n) is 9.55. The molecule has 92 valence electrons. The van der Waals surface area contributed by atoms with Crippen LogP contribution in [0.4, 0.5) is 0 Å². The molecule has 2 aliphatic rings. The summed E-state index contributed by atoms with van der Waals surface area (Å²) in [6, 6.07) is 0. The van der Waals surface area contributed by atoms with Crippen molar-refractivity contribution in [3.05, 3.63) is 0 Å². The second kappa shape index (κ2) is 4.33. The van der Waals surface area contributed by atoms with Gasteiger partial charge in [0, 0.05) is 38.6 Å². The fraction of sp³-hybridized carbons (Fsp3) is 0.900. The van der Waals surface area contributed by atoms with Crippen LogP contribution in [0.1, 0.15) is 32.6 Å². The van der Waals surface area contributed by atoms with Crippen LogP contribution < -0.4 is 0 Å². The third-order valence-electron chi connectivity index (χ3n) is 3.27. The summed E-state index contributed by atoms with van der Waals surface area (Å²) in [5.41, 5.74) is -0.210. The Morgan fingerprint density at radius 2 is 2.12 bits per heavy atom. The number of sulfonamides is 1. The Morgan fingerprint density at radius 1 is 1.44 bits per heavy atom. The molecule has 0 amide bonds. The molecule has 0 bridgehead atoms. The lowest BCUT2D eigenvalue weighted by atomic mass is 9.90. The van der Waals surface area contributed by atoms with Crippen LogP contribution in [0.15, 0.2) is 5.16 Å². The Bertz CT molecular complexity index is 360. The summed E-state index contributed by atoms with van der Waals surface area (Å²) in [5, 5.41) is 3.79. The van der Waals surface area contributed by atoms with Crippen LogP contribution in [0.5, 0.6) is 0 Å². The summed E-state index contributed by atoms with van der Waals surface area (Å²) in [5.74, 6) is 0.247. The minimum absolute atomic E-state index is 0.210. The van der Waals surface area contributed by atoms with Gasteiger partial charge in [-0.1, -0.05) is 12.1 Å². The van der Waals surface area contributed by atoms with Gasteiger partial charge in [-0.15, -0.1) is 0 Å². The van der Waals surface area contributed by atoms with E-state index in [0.717, 1.165) is 19.3 Å². The summed E-state index contributed by atoms with van der Waals surface area (Å²) in [4.78, 5) is 5.35. The Balaban J connectivity index is 1.95. The summed E-state index contributed by atoms with van der Waals surface area (Å²) >= 11 is 0. The van der Waals surface area contributed by atoms with Crippen molar-refractivity contribution < 1.29 is 13.3 Å². The molecule has 6 heteroatoms. The summed E-state index contributed by atoms with van der Waals surface area (Å²) in [6.45, 7) is 3.01. The van der Waals surface area contributed by atoms with Gasteiger partial charge in [0.2, 0.25) is 10.0 Å². The normalized spacial score (nSPS) is 24.8. The van der Waals surface area contributed by atoms with E-state index >= 15 is 0 Å². The Labute approximate surface area is 96.5 Å². The average molecular weight is 246 g/mol. The predicted molar refractivity (Wildman–Crippen MR) is 61.8 cm³/mol. The maximum atomic E-state index is 11.8. The van der Waals surface area contributed by atoms with Crippen molar-refractivity contribution in [1.82, 2.24) is 4.31 Å². The van der Waals surface area contributed by atoms with E-state index in [1.807, 2.05) is 6.92 Å². The molecule has 0 aromatic rings. The topological polar surface area (TPSA) is 59.0 Å². The Hall–Kier alpha value is -0.620. The number of hydrogen-bond acceptors (Lipinski definition) is 4. The van der Waals surface area contributed by atoms with Crippen molar-refractivity contribution in [2.45, 2.75) is 38.2 Å². The highest BCUT2D eigenvalue weighted by Gasteiger charge is 2.41. The van der Waals surface area contributed by atoms with Gasteiger partial charge in [0.05, 0.1) is 5.75 Å². The quantitative estimate of drug-likeness (QED) is 0.745. The van der Waals surface area contributed by atoms with E-state index in [2.05, 4.69) is 5.16 Å². The molecule has 2 aliphatic heterocycles. The van der Waals surface area contributed by atoms with Crippen molar-refractivity contribution in [3.63, 3.8) is 0 Å². The van der Waals surface area contributed by atoms with Crippen molar-refractivity contribution >= 4 is 16.2 Å². The first-order valence-corrected chi connectivity index (χ1v) is 7.37. The largest absolute Gasteiger partial charge is 0.389 e. The van der Waals surface area contributed by atoms with Gasteiger partial charge in [0.15, 0.2) is 0 Å². The first-order valence-electron chi connectivity index (χ1n) is 5.76. The van der Waals surface area contributed by atoms with E-state index in [0.29, 0.717) is 19.5 Å². The highest BCUT2D eigenvalue weighted by atomic mass is 32.2. The third-order valence-corrected chi connectivity index (χ3v) is 5.35. The molecule has 0 aromatic heterocycles. The molecule has 0 aromatic carbocycles. The van der Waals surface area contributed by atoms with E-state index in [-0.39, 0.29) is 11.4 Å². The molecule has 0 aliphatic carbocycles. The van der Waals surface area contributed by atoms with Gasteiger partial charge in [0.1, 0.15) is 5.60 Å². The maximum Gasteiger partial charge on any atom is 0.214 e. The van der Waals surface area contributed by atoms with E-state index < -0.39 is 10.0 Å². The number of nitrogens with zero attached hydrogens (tertiary/aromatic N) is 2.